The van der Waals surface area contributed by atoms with Gasteiger partial charge in [-0.1, -0.05) is 41.4 Å². The van der Waals surface area contributed by atoms with Crippen LogP contribution in [-0.2, 0) is 10.1 Å². The van der Waals surface area contributed by atoms with Gasteiger partial charge in [0.2, 0.25) is 0 Å². The first-order chi connectivity index (χ1) is 8.90. The van der Waals surface area contributed by atoms with Crippen LogP contribution in [0, 0.1) is 6.92 Å². The summed E-state index contributed by atoms with van der Waals surface area (Å²) in [6.45, 7) is 1.75. The Morgan fingerprint density at radius 3 is 2.42 bits per heavy atom. The zero-order valence-electron chi connectivity index (χ0n) is 9.93. The number of hydrogen-bond acceptors (Lipinski definition) is 3. The fourth-order valence-electron chi connectivity index (χ4n) is 1.48. The molecule has 2 rings (SSSR count). The number of aryl methyl sites for hydroxylation is 1. The van der Waals surface area contributed by atoms with Crippen LogP contribution < -0.4 is 4.18 Å². The van der Waals surface area contributed by atoms with Crippen molar-refractivity contribution in [3.8, 4) is 5.75 Å². The monoisotopic (exact) mass is 316 g/mol. The molecule has 0 atom stereocenters. The Bertz CT molecular complexity index is 712. The van der Waals surface area contributed by atoms with Gasteiger partial charge in [-0.25, -0.2) is 0 Å². The summed E-state index contributed by atoms with van der Waals surface area (Å²) < 4.78 is 29.4. The third kappa shape index (κ3) is 3.21. The van der Waals surface area contributed by atoms with E-state index in [0.29, 0.717) is 5.56 Å². The van der Waals surface area contributed by atoms with E-state index in [1.54, 1.807) is 31.2 Å². The first kappa shape index (κ1) is 14.2. The van der Waals surface area contributed by atoms with E-state index in [1.807, 2.05) is 0 Å². The summed E-state index contributed by atoms with van der Waals surface area (Å²) in [7, 11) is -4.01. The van der Waals surface area contributed by atoms with Crippen molar-refractivity contribution in [2.75, 3.05) is 0 Å². The van der Waals surface area contributed by atoms with E-state index in [9.17, 15) is 8.42 Å². The minimum atomic E-state index is -4.01. The second-order valence-electron chi connectivity index (χ2n) is 3.88. The van der Waals surface area contributed by atoms with Crippen LogP contribution in [0.2, 0.25) is 10.0 Å². The molecule has 0 saturated heterocycles. The molecule has 0 bridgehead atoms. The van der Waals surface area contributed by atoms with Gasteiger partial charge >= 0.3 is 10.1 Å². The second kappa shape index (κ2) is 5.41. The quantitative estimate of drug-likeness (QED) is 0.802. The van der Waals surface area contributed by atoms with Gasteiger partial charge in [0, 0.05) is 5.02 Å². The summed E-state index contributed by atoms with van der Waals surface area (Å²) in [6.07, 6.45) is 0. The molecule has 3 nitrogen and oxygen atoms in total. The summed E-state index contributed by atoms with van der Waals surface area (Å²) >= 11 is 11.6. The average molecular weight is 317 g/mol. The lowest BCUT2D eigenvalue weighted by molar-refractivity contribution is 0.484. The van der Waals surface area contributed by atoms with Gasteiger partial charge in [-0.15, -0.1) is 0 Å². The van der Waals surface area contributed by atoms with Crippen molar-refractivity contribution in [3.05, 3.63) is 58.1 Å². The molecular weight excluding hydrogens is 307 g/mol. The van der Waals surface area contributed by atoms with Gasteiger partial charge in [0.25, 0.3) is 0 Å². The minimum absolute atomic E-state index is 0.0676. The second-order valence-corrected chi connectivity index (χ2v) is 6.24. The lowest BCUT2D eigenvalue weighted by Gasteiger charge is -2.10. The van der Waals surface area contributed by atoms with Gasteiger partial charge in [0.1, 0.15) is 10.6 Å². The van der Waals surface area contributed by atoms with E-state index in [0.717, 1.165) is 0 Å². The molecule has 0 fully saturated rings. The molecule has 0 aromatic heterocycles. The zero-order chi connectivity index (χ0) is 14.0. The van der Waals surface area contributed by atoms with Gasteiger partial charge in [0.05, 0.1) is 5.02 Å². The molecule has 100 valence electrons. The number of para-hydroxylation sites is 1. The molecule has 0 aliphatic carbocycles. The number of hydrogen-bond donors (Lipinski definition) is 0. The predicted octanol–water partition coefficient (Wildman–Crippen LogP) is 4.07. The van der Waals surface area contributed by atoms with Crippen LogP contribution in [0.1, 0.15) is 5.56 Å². The van der Waals surface area contributed by atoms with Gasteiger partial charge in [0.15, 0.2) is 0 Å². The number of halogens is 2. The van der Waals surface area contributed by atoms with Crippen LogP contribution in [0.3, 0.4) is 0 Å². The van der Waals surface area contributed by atoms with Gasteiger partial charge in [-0.3, -0.25) is 0 Å². The highest BCUT2D eigenvalue weighted by Gasteiger charge is 2.21. The summed E-state index contributed by atoms with van der Waals surface area (Å²) in [4.78, 5) is -0.148. The van der Waals surface area contributed by atoms with E-state index in [-0.39, 0.29) is 20.7 Å². The highest BCUT2D eigenvalue weighted by Crippen LogP contribution is 2.28. The molecule has 0 aliphatic rings. The fourth-order valence-corrected chi connectivity index (χ4v) is 3.21. The zero-order valence-corrected chi connectivity index (χ0v) is 12.3. The molecule has 0 amide bonds. The standard InChI is InChI=1S/C13H10Cl2O3S/c1-9-4-2-3-5-12(9)18-19(16,17)13-8-10(14)6-7-11(13)15/h2-8H,1H3. The summed E-state index contributed by atoms with van der Waals surface area (Å²) in [6, 6.07) is 11.0. The SMILES string of the molecule is Cc1ccccc1OS(=O)(=O)c1cc(Cl)ccc1Cl. The van der Waals surface area contributed by atoms with Crippen LogP contribution in [0.4, 0.5) is 0 Å². The molecule has 2 aromatic rings. The third-order valence-electron chi connectivity index (χ3n) is 2.46. The molecule has 0 N–H and O–H groups in total. The Morgan fingerprint density at radius 1 is 1.05 bits per heavy atom. The largest absolute Gasteiger partial charge is 0.379 e. The van der Waals surface area contributed by atoms with Crippen molar-refractivity contribution in [2.24, 2.45) is 0 Å². The molecule has 2 aromatic carbocycles. The van der Waals surface area contributed by atoms with Crippen LogP contribution in [0.25, 0.3) is 0 Å². The van der Waals surface area contributed by atoms with E-state index in [4.69, 9.17) is 27.4 Å². The molecule has 0 saturated carbocycles. The summed E-state index contributed by atoms with van der Waals surface area (Å²) in [5.41, 5.74) is 0.712. The highest BCUT2D eigenvalue weighted by atomic mass is 35.5. The molecule has 0 spiro atoms. The molecule has 0 unspecified atom stereocenters. The first-order valence-electron chi connectivity index (χ1n) is 5.35. The van der Waals surface area contributed by atoms with Crippen molar-refractivity contribution < 1.29 is 12.6 Å². The fraction of sp³-hybridized carbons (Fsp3) is 0.0769. The van der Waals surface area contributed by atoms with Crippen LogP contribution in [-0.4, -0.2) is 8.42 Å². The molecule has 0 aliphatic heterocycles. The molecule has 0 radical (unpaired) electrons. The van der Waals surface area contributed by atoms with Crippen LogP contribution in [0.15, 0.2) is 47.4 Å². The Balaban J connectivity index is 2.44. The van der Waals surface area contributed by atoms with Crippen molar-refractivity contribution in [3.63, 3.8) is 0 Å². The maximum atomic E-state index is 12.2. The molecule has 0 heterocycles. The van der Waals surface area contributed by atoms with Gasteiger partial charge in [-0.05, 0) is 36.8 Å². The van der Waals surface area contributed by atoms with Crippen LogP contribution >= 0.6 is 23.2 Å². The van der Waals surface area contributed by atoms with Crippen LogP contribution in [0.5, 0.6) is 5.75 Å². The Labute approximate surface area is 121 Å². The normalized spacial score (nSPS) is 11.3. The average Bonchev–Trinajstić information content (AvgIpc) is 2.35. The smallest absolute Gasteiger partial charge is 0.340 e. The topological polar surface area (TPSA) is 43.4 Å². The summed E-state index contributed by atoms with van der Waals surface area (Å²) in [5, 5.41) is 0.342. The number of benzene rings is 2. The third-order valence-corrected chi connectivity index (χ3v) is 4.41. The van der Waals surface area contributed by atoms with E-state index >= 15 is 0 Å². The van der Waals surface area contributed by atoms with Gasteiger partial charge in [-0.2, -0.15) is 8.42 Å². The Morgan fingerprint density at radius 2 is 1.74 bits per heavy atom. The first-order valence-corrected chi connectivity index (χ1v) is 7.52. The summed E-state index contributed by atoms with van der Waals surface area (Å²) in [5.74, 6) is 0.263. The van der Waals surface area contributed by atoms with Crippen molar-refractivity contribution >= 4 is 33.3 Å². The Kier molecular flexibility index (Phi) is 4.04. The molecular formula is C13H10Cl2O3S. The van der Waals surface area contributed by atoms with Crippen molar-refractivity contribution in [2.45, 2.75) is 11.8 Å². The molecule has 19 heavy (non-hydrogen) atoms. The highest BCUT2D eigenvalue weighted by molar-refractivity contribution is 7.87. The minimum Gasteiger partial charge on any atom is -0.379 e. The van der Waals surface area contributed by atoms with Crippen molar-refractivity contribution in [1.29, 1.82) is 0 Å². The molecule has 6 heteroatoms. The van der Waals surface area contributed by atoms with Gasteiger partial charge < -0.3 is 4.18 Å². The van der Waals surface area contributed by atoms with E-state index in [2.05, 4.69) is 0 Å². The van der Waals surface area contributed by atoms with Crippen molar-refractivity contribution in [1.82, 2.24) is 0 Å². The lowest BCUT2D eigenvalue weighted by atomic mass is 10.2. The predicted molar refractivity (Wildman–Crippen MR) is 75.5 cm³/mol. The van der Waals surface area contributed by atoms with E-state index < -0.39 is 10.1 Å². The maximum Gasteiger partial charge on any atom is 0.340 e. The number of rotatable bonds is 3. The maximum absolute atomic E-state index is 12.2. The van der Waals surface area contributed by atoms with E-state index in [1.165, 1.54) is 18.2 Å². The lowest BCUT2D eigenvalue weighted by Crippen LogP contribution is -2.11. The Hall–Kier alpha value is -1.23.